The summed E-state index contributed by atoms with van der Waals surface area (Å²) in [5.74, 6) is -0.0258. The Bertz CT molecular complexity index is 504. The minimum absolute atomic E-state index is 0.0672. The predicted octanol–water partition coefficient (Wildman–Crippen LogP) is 2.09. The molecule has 6 heteroatoms. The van der Waals surface area contributed by atoms with E-state index in [1.54, 1.807) is 12.1 Å². The standard InChI is InChI=1S/C13H16BrN3O2/c14-9-4-1-3-8(7-9)13(18)16-11-6-2-5-10(11)12(15)17-19/h1,3-4,7,10-11,19H,2,5-6H2,(H2,15,17)(H,16,18). The molecule has 1 aromatic carbocycles. The van der Waals surface area contributed by atoms with Crippen molar-refractivity contribution in [3.8, 4) is 0 Å². The summed E-state index contributed by atoms with van der Waals surface area (Å²) in [5, 5.41) is 14.8. The van der Waals surface area contributed by atoms with Crippen molar-refractivity contribution in [2.75, 3.05) is 0 Å². The number of nitrogens with two attached hydrogens (primary N) is 1. The molecule has 0 bridgehead atoms. The van der Waals surface area contributed by atoms with Crippen LogP contribution in [0, 0.1) is 5.92 Å². The lowest BCUT2D eigenvalue weighted by Gasteiger charge is -2.19. The topological polar surface area (TPSA) is 87.7 Å². The van der Waals surface area contributed by atoms with Crippen LogP contribution in [0.2, 0.25) is 0 Å². The van der Waals surface area contributed by atoms with Crippen LogP contribution in [0.15, 0.2) is 33.9 Å². The summed E-state index contributed by atoms with van der Waals surface area (Å²) >= 11 is 3.34. The van der Waals surface area contributed by atoms with Crippen LogP contribution >= 0.6 is 15.9 Å². The molecule has 2 rings (SSSR count). The first-order chi connectivity index (χ1) is 9.11. The molecule has 1 saturated carbocycles. The van der Waals surface area contributed by atoms with E-state index in [0.717, 1.165) is 23.7 Å². The van der Waals surface area contributed by atoms with Gasteiger partial charge in [-0.05, 0) is 31.0 Å². The van der Waals surface area contributed by atoms with Crippen LogP contribution in [-0.4, -0.2) is 23.0 Å². The van der Waals surface area contributed by atoms with Crippen LogP contribution in [-0.2, 0) is 0 Å². The van der Waals surface area contributed by atoms with E-state index < -0.39 is 0 Å². The zero-order valence-electron chi connectivity index (χ0n) is 10.3. The van der Waals surface area contributed by atoms with Gasteiger partial charge in [-0.1, -0.05) is 33.6 Å². The highest BCUT2D eigenvalue weighted by molar-refractivity contribution is 9.10. The molecule has 2 atom stereocenters. The maximum Gasteiger partial charge on any atom is 0.251 e. The number of nitrogens with one attached hydrogen (secondary N) is 1. The zero-order valence-corrected chi connectivity index (χ0v) is 11.9. The first kappa shape index (κ1) is 13.9. The van der Waals surface area contributed by atoms with Crippen molar-refractivity contribution in [1.29, 1.82) is 0 Å². The molecule has 0 aliphatic heterocycles. The largest absolute Gasteiger partial charge is 0.409 e. The van der Waals surface area contributed by atoms with Crippen LogP contribution in [0.5, 0.6) is 0 Å². The van der Waals surface area contributed by atoms with Gasteiger partial charge in [-0.3, -0.25) is 4.79 Å². The highest BCUT2D eigenvalue weighted by atomic mass is 79.9. The smallest absolute Gasteiger partial charge is 0.251 e. The van der Waals surface area contributed by atoms with Gasteiger partial charge in [-0.2, -0.15) is 0 Å². The predicted molar refractivity (Wildman–Crippen MR) is 76.1 cm³/mol. The van der Waals surface area contributed by atoms with Crippen molar-refractivity contribution >= 4 is 27.7 Å². The van der Waals surface area contributed by atoms with Gasteiger partial charge in [0.25, 0.3) is 5.91 Å². The van der Waals surface area contributed by atoms with Gasteiger partial charge in [0.2, 0.25) is 0 Å². The summed E-state index contributed by atoms with van der Waals surface area (Å²) in [6, 6.07) is 7.14. The molecule has 0 spiro atoms. The number of halogens is 1. The minimum atomic E-state index is -0.135. The van der Waals surface area contributed by atoms with E-state index >= 15 is 0 Å². The molecule has 2 unspecified atom stereocenters. The zero-order chi connectivity index (χ0) is 13.8. The van der Waals surface area contributed by atoms with E-state index in [-0.39, 0.29) is 23.7 Å². The van der Waals surface area contributed by atoms with Crippen LogP contribution in [0.1, 0.15) is 29.6 Å². The first-order valence-corrected chi connectivity index (χ1v) is 6.95. The molecular weight excluding hydrogens is 310 g/mol. The number of hydrogen-bond acceptors (Lipinski definition) is 3. The molecule has 102 valence electrons. The summed E-state index contributed by atoms with van der Waals surface area (Å²) in [5.41, 5.74) is 6.25. The number of carbonyl (C=O) groups is 1. The van der Waals surface area contributed by atoms with Crippen molar-refractivity contribution in [2.45, 2.75) is 25.3 Å². The first-order valence-electron chi connectivity index (χ1n) is 6.15. The SMILES string of the molecule is NC(=NO)C1CCCC1NC(=O)c1cccc(Br)c1. The summed E-state index contributed by atoms with van der Waals surface area (Å²) in [7, 11) is 0. The quantitative estimate of drug-likeness (QED) is 0.344. The second kappa shape index (κ2) is 6.06. The van der Waals surface area contributed by atoms with E-state index in [9.17, 15) is 4.79 Å². The Hall–Kier alpha value is -1.56. The van der Waals surface area contributed by atoms with Gasteiger partial charge in [0.1, 0.15) is 5.84 Å². The average molecular weight is 326 g/mol. The normalized spacial score (nSPS) is 23.3. The number of rotatable bonds is 3. The molecule has 0 heterocycles. The Labute approximate surface area is 120 Å². The molecule has 5 nitrogen and oxygen atoms in total. The molecule has 0 radical (unpaired) electrons. The number of amidine groups is 1. The number of benzene rings is 1. The van der Waals surface area contributed by atoms with E-state index in [1.807, 2.05) is 12.1 Å². The fourth-order valence-corrected chi connectivity index (χ4v) is 2.84. The van der Waals surface area contributed by atoms with E-state index in [4.69, 9.17) is 10.9 Å². The molecule has 1 amide bonds. The summed E-state index contributed by atoms with van der Waals surface area (Å²) in [6.45, 7) is 0. The number of nitrogens with zero attached hydrogens (tertiary/aromatic N) is 1. The fraction of sp³-hybridized carbons (Fsp3) is 0.385. The monoisotopic (exact) mass is 325 g/mol. The van der Waals surface area contributed by atoms with Crippen molar-refractivity contribution in [2.24, 2.45) is 16.8 Å². The Balaban J connectivity index is 2.06. The van der Waals surface area contributed by atoms with E-state index in [1.165, 1.54) is 0 Å². The lowest BCUT2D eigenvalue weighted by Crippen LogP contribution is -2.42. The maximum absolute atomic E-state index is 12.1. The number of amides is 1. The van der Waals surface area contributed by atoms with Gasteiger partial charge >= 0.3 is 0 Å². The van der Waals surface area contributed by atoms with Gasteiger partial charge in [0.05, 0.1) is 0 Å². The lowest BCUT2D eigenvalue weighted by molar-refractivity contribution is 0.0933. The second-order valence-corrected chi connectivity index (χ2v) is 5.57. The van der Waals surface area contributed by atoms with Crippen LogP contribution in [0.4, 0.5) is 0 Å². The average Bonchev–Trinajstić information content (AvgIpc) is 2.86. The highest BCUT2D eigenvalue weighted by Crippen LogP contribution is 2.26. The van der Waals surface area contributed by atoms with Crippen LogP contribution < -0.4 is 11.1 Å². The Kier molecular flexibility index (Phi) is 4.42. The summed E-state index contributed by atoms with van der Waals surface area (Å²) in [4.78, 5) is 12.1. The number of carbonyl (C=O) groups excluding carboxylic acids is 1. The molecule has 19 heavy (non-hydrogen) atoms. The Morgan fingerprint density at radius 3 is 2.95 bits per heavy atom. The third-order valence-electron chi connectivity index (χ3n) is 3.41. The lowest BCUT2D eigenvalue weighted by atomic mass is 10.0. The Morgan fingerprint density at radius 1 is 1.47 bits per heavy atom. The molecule has 0 saturated heterocycles. The molecule has 4 N–H and O–H groups in total. The highest BCUT2D eigenvalue weighted by Gasteiger charge is 2.31. The molecule has 0 aromatic heterocycles. The summed E-state index contributed by atoms with van der Waals surface area (Å²) in [6.07, 6.45) is 2.64. The van der Waals surface area contributed by atoms with E-state index in [2.05, 4.69) is 26.4 Å². The van der Waals surface area contributed by atoms with Crippen molar-refractivity contribution in [3.63, 3.8) is 0 Å². The van der Waals surface area contributed by atoms with Gasteiger partial charge in [0, 0.05) is 22.0 Å². The van der Waals surface area contributed by atoms with Crippen molar-refractivity contribution in [1.82, 2.24) is 5.32 Å². The minimum Gasteiger partial charge on any atom is -0.409 e. The molecule has 1 aromatic rings. The third-order valence-corrected chi connectivity index (χ3v) is 3.91. The molecule has 1 aliphatic carbocycles. The number of hydrogen-bond donors (Lipinski definition) is 3. The van der Waals surface area contributed by atoms with Crippen molar-refractivity contribution < 1.29 is 10.0 Å². The summed E-state index contributed by atoms with van der Waals surface area (Å²) < 4.78 is 0.861. The van der Waals surface area contributed by atoms with Crippen molar-refractivity contribution in [3.05, 3.63) is 34.3 Å². The third kappa shape index (κ3) is 3.26. The maximum atomic E-state index is 12.1. The van der Waals surface area contributed by atoms with Crippen LogP contribution in [0.3, 0.4) is 0 Å². The van der Waals surface area contributed by atoms with Gasteiger partial charge < -0.3 is 16.3 Å². The molecule has 1 aliphatic rings. The van der Waals surface area contributed by atoms with Crippen LogP contribution in [0.25, 0.3) is 0 Å². The van der Waals surface area contributed by atoms with Gasteiger partial charge in [0.15, 0.2) is 0 Å². The second-order valence-electron chi connectivity index (χ2n) is 4.65. The van der Waals surface area contributed by atoms with Gasteiger partial charge in [-0.25, -0.2) is 0 Å². The number of oxime groups is 1. The fourth-order valence-electron chi connectivity index (χ4n) is 2.44. The molecular formula is C13H16BrN3O2. The Morgan fingerprint density at radius 2 is 2.26 bits per heavy atom. The van der Waals surface area contributed by atoms with Gasteiger partial charge in [-0.15, -0.1) is 0 Å². The molecule has 1 fully saturated rings. The van der Waals surface area contributed by atoms with E-state index in [0.29, 0.717) is 5.56 Å².